The van der Waals surface area contributed by atoms with Gasteiger partial charge in [0.2, 0.25) is 0 Å². The van der Waals surface area contributed by atoms with Gasteiger partial charge in [0.1, 0.15) is 18.0 Å². The molecule has 0 saturated heterocycles. The first-order chi connectivity index (χ1) is 37.3. The van der Waals surface area contributed by atoms with Crippen LogP contribution >= 0.6 is 0 Å². The van der Waals surface area contributed by atoms with Crippen LogP contribution in [-0.4, -0.2) is 71.4 Å². The molecule has 5 N–H and O–H groups in total. The van der Waals surface area contributed by atoms with Gasteiger partial charge < -0.3 is 44.7 Å². The quantitative estimate of drug-likeness (QED) is 0.0764. The fraction of sp³-hybridized carbons (Fsp3) is 0.394. The number of aromatic hydroxyl groups is 3. The minimum atomic E-state index is -1.12. The van der Waals surface area contributed by atoms with Gasteiger partial charge in [-0.15, -0.1) is 5.92 Å². The fourth-order valence-electron chi connectivity index (χ4n) is 15.4. The lowest BCUT2D eigenvalue weighted by atomic mass is 9.40. The average molecular weight is 1030 g/mol. The Labute approximate surface area is 450 Å². The zero-order chi connectivity index (χ0) is 53.2. The van der Waals surface area contributed by atoms with E-state index in [-0.39, 0.29) is 59.2 Å². The zero-order valence-corrected chi connectivity index (χ0v) is 44.0. The molecule has 11 nitrogen and oxygen atoms in total. The van der Waals surface area contributed by atoms with E-state index in [0.29, 0.717) is 69.5 Å². The third kappa shape index (κ3) is 8.97. The number of phenolic OH excluding ortho intramolecular Hbond substituents is 3. The summed E-state index contributed by atoms with van der Waals surface area (Å²) >= 11 is 0. The number of benzene rings is 6. The number of fused-ring (bicyclic) bond motifs is 11. The fourth-order valence-corrected chi connectivity index (χ4v) is 15.4. The second-order valence-electron chi connectivity index (χ2n) is 22.8. The summed E-state index contributed by atoms with van der Waals surface area (Å²) in [4.78, 5) is 30.0. The van der Waals surface area contributed by atoms with E-state index in [1.165, 1.54) is 14.0 Å². The monoisotopic (exact) mass is 1030 g/mol. The second-order valence-corrected chi connectivity index (χ2v) is 22.8. The van der Waals surface area contributed by atoms with Crippen molar-refractivity contribution in [1.82, 2.24) is 5.32 Å². The van der Waals surface area contributed by atoms with Crippen LogP contribution in [0.1, 0.15) is 109 Å². The lowest BCUT2D eigenvalue weighted by Crippen LogP contribution is -2.62. The summed E-state index contributed by atoms with van der Waals surface area (Å²) < 4.78 is 25.5. The van der Waals surface area contributed by atoms with E-state index < -0.39 is 41.0 Å². The number of esters is 2. The highest BCUT2D eigenvalue weighted by Gasteiger charge is 2.65. The van der Waals surface area contributed by atoms with Gasteiger partial charge >= 0.3 is 11.9 Å². The van der Waals surface area contributed by atoms with Gasteiger partial charge in [0.05, 0.1) is 25.7 Å². The Bertz CT molecular complexity index is 3380. The number of aliphatic hydroxyl groups excluding tert-OH is 1. The van der Waals surface area contributed by atoms with Crippen LogP contribution in [0.25, 0.3) is 28.0 Å². The molecule has 0 radical (unpaired) electrons. The summed E-state index contributed by atoms with van der Waals surface area (Å²) in [5.41, 5.74) is 6.54. The third-order valence-corrected chi connectivity index (χ3v) is 18.6. The van der Waals surface area contributed by atoms with Gasteiger partial charge in [-0.1, -0.05) is 85.2 Å². The van der Waals surface area contributed by atoms with Crippen LogP contribution in [0, 0.1) is 40.9 Å². The molecule has 11 heteroatoms. The van der Waals surface area contributed by atoms with E-state index in [9.17, 15) is 25.2 Å². The third-order valence-electron chi connectivity index (χ3n) is 18.6. The van der Waals surface area contributed by atoms with Gasteiger partial charge in [0.25, 0.3) is 0 Å². The summed E-state index contributed by atoms with van der Waals surface area (Å²) in [5.74, 6) is 5.23. The number of rotatable bonds is 7. The molecule has 6 aliphatic rings. The smallest absolute Gasteiger partial charge is 0.316 e. The Morgan fingerprint density at radius 1 is 0.805 bits per heavy atom. The van der Waals surface area contributed by atoms with Crippen molar-refractivity contribution in [3.8, 4) is 51.7 Å². The number of phenols is 3. The summed E-state index contributed by atoms with van der Waals surface area (Å²) in [6.45, 7) is 2.83. The molecule has 0 unspecified atom stereocenters. The molecule has 12 rings (SSSR count). The number of methoxy groups -OCH3 is 2. The lowest BCUT2D eigenvalue weighted by molar-refractivity contribution is -0.179. The minimum Gasteiger partial charge on any atom is -0.508 e. The Morgan fingerprint density at radius 2 is 1.61 bits per heavy atom. The van der Waals surface area contributed by atoms with E-state index in [4.69, 9.17) is 18.9 Å². The number of carbonyl (C=O) groups excluding carboxylic acids is 2. The van der Waals surface area contributed by atoms with E-state index in [1.807, 2.05) is 48.5 Å². The van der Waals surface area contributed by atoms with Crippen molar-refractivity contribution in [2.75, 3.05) is 20.8 Å². The first kappa shape index (κ1) is 50.6. The van der Waals surface area contributed by atoms with E-state index in [0.717, 1.165) is 73.7 Å². The summed E-state index contributed by atoms with van der Waals surface area (Å²) in [6.07, 6.45) is 7.16. The van der Waals surface area contributed by atoms with Gasteiger partial charge in [0.15, 0.2) is 23.0 Å². The van der Waals surface area contributed by atoms with Crippen LogP contribution in [-0.2, 0) is 43.9 Å². The summed E-state index contributed by atoms with van der Waals surface area (Å²) in [6, 6.07) is 35.6. The highest BCUT2D eigenvalue weighted by molar-refractivity contribution is 5.99. The predicted molar refractivity (Wildman–Crippen MR) is 295 cm³/mol. The van der Waals surface area contributed by atoms with Gasteiger partial charge in [-0.05, 0) is 178 Å². The molecule has 396 valence electrons. The van der Waals surface area contributed by atoms with Gasteiger partial charge in [-0.3, -0.25) is 9.59 Å². The van der Waals surface area contributed by atoms with Crippen molar-refractivity contribution in [2.45, 2.75) is 113 Å². The van der Waals surface area contributed by atoms with Gasteiger partial charge in [-0.2, -0.15) is 0 Å². The maximum Gasteiger partial charge on any atom is 0.316 e. The molecule has 1 aliphatic heterocycles. The second kappa shape index (κ2) is 20.3. The Kier molecular flexibility index (Phi) is 13.3. The van der Waals surface area contributed by atoms with Crippen molar-refractivity contribution in [2.24, 2.45) is 29.1 Å². The van der Waals surface area contributed by atoms with Gasteiger partial charge in [-0.25, -0.2) is 0 Å². The molecule has 77 heavy (non-hydrogen) atoms. The van der Waals surface area contributed by atoms with E-state index in [2.05, 4.69) is 65.7 Å². The van der Waals surface area contributed by atoms with Crippen LogP contribution in [0.15, 0.2) is 115 Å². The Morgan fingerprint density at radius 3 is 2.43 bits per heavy atom. The minimum absolute atomic E-state index is 0.00892. The van der Waals surface area contributed by atoms with Crippen molar-refractivity contribution in [3.63, 3.8) is 0 Å². The van der Waals surface area contributed by atoms with Crippen molar-refractivity contribution < 1.29 is 49.0 Å². The van der Waals surface area contributed by atoms with Crippen LogP contribution < -0.4 is 14.8 Å². The predicted octanol–water partition coefficient (Wildman–Crippen LogP) is 11.2. The van der Waals surface area contributed by atoms with Crippen LogP contribution in [0.2, 0.25) is 0 Å². The molecule has 1 heterocycles. The van der Waals surface area contributed by atoms with E-state index in [1.54, 1.807) is 31.4 Å². The molecule has 5 aliphatic carbocycles. The van der Waals surface area contributed by atoms with Crippen molar-refractivity contribution >= 4 is 28.8 Å². The first-order valence-electron chi connectivity index (χ1n) is 27.5. The molecule has 0 aromatic heterocycles. The summed E-state index contributed by atoms with van der Waals surface area (Å²) in [5, 5.41) is 52.1. The molecular formula is C66H67NO10. The molecule has 6 bridgehead atoms. The zero-order valence-electron chi connectivity index (χ0n) is 44.0. The van der Waals surface area contributed by atoms with Crippen LogP contribution in [0.5, 0.6) is 28.7 Å². The Balaban J connectivity index is 1.05. The highest BCUT2D eigenvalue weighted by atomic mass is 16.6. The summed E-state index contributed by atoms with van der Waals surface area (Å²) in [7, 11) is 3.07. The van der Waals surface area contributed by atoms with Crippen molar-refractivity contribution in [3.05, 3.63) is 154 Å². The normalized spacial score (nSPS) is 29.1. The number of hydrogen-bond acceptors (Lipinski definition) is 11. The highest BCUT2D eigenvalue weighted by Crippen LogP contribution is 2.70. The lowest BCUT2D eigenvalue weighted by Gasteiger charge is -2.64. The molecule has 6 aromatic carbocycles. The van der Waals surface area contributed by atoms with Crippen LogP contribution in [0.4, 0.5) is 0 Å². The van der Waals surface area contributed by atoms with E-state index >= 15 is 4.79 Å². The molecule has 3 saturated carbocycles. The number of aliphatic hydroxyl groups is 1. The molecule has 0 amide bonds. The molecule has 0 spiro atoms. The number of ether oxygens (including phenoxy) is 4. The number of allylic oxidation sites excluding steroid dienone is 1. The van der Waals surface area contributed by atoms with Gasteiger partial charge in [0, 0.05) is 50.1 Å². The molecular weight excluding hydrogens is 967 g/mol. The molecule has 3 fully saturated rings. The largest absolute Gasteiger partial charge is 0.508 e. The maximum absolute atomic E-state index is 16.2. The van der Waals surface area contributed by atoms with Crippen molar-refractivity contribution in [1.29, 1.82) is 0 Å². The number of carbonyl (C=O) groups is 2. The molecule has 6 aromatic rings. The number of nitrogens with one attached hydrogen (secondary N) is 1. The topological polar surface area (TPSA) is 164 Å². The first-order valence-corrected chi connectivity index (χ1v) is 27.5. The van der Waals surface area contributed by atoms with Crippen LogP contribution in [0.3, 0.4) is 0 Å². The maximum atomic E-state index is 16.2. The number of hydrogen-bond donors (Lipinski definition) is 5. The standard InChI is InChI=1S/C66H67NO10/c1-38(68)76-60-32-48(77-64(73)65-20-10-15-40(36-65)13-7-8-22-67-37-41-14-9-16-42(23-41)50-30-47(69)24-43-17-18-46(65)29-49(43)50)31-53-51-34-62(75-3)58(71)27-44(51)25-54-57(70)35-55-52-33-59(72)61(74-2)28-45(52)26-56(60)66(55,63(53)54)21-19-39-11-5-4-6-12-39/h4-6,9,11-12,14,16-19,21,23-24,27-30,33-34,40,48,53-57,60,63,67,69-72H,8,10,15,20,22,25-26,31-32,35-37H2,1-3H3/b21-19+/t40-,48+,53-,54-,55+,56-,57-,60-,63+,65+,66-/m1/s1. The average Bonchev–Trinajstić information content (AvgIpc) is 3.49. The Hall–Kier alpha value is -7.26. The SMILES string of the molecule is COc1cc2c(cc1O)[C@@H]1C[C@@H](O)[C@H]3Cc4cc(O)c(OC)cc4[C@H]4C[C@H](OC(=O)[C@]56CCC[C@@H](C#CCCNCc7cccc(c7)-c7cc(O)cc8ccc5cc78)C6)C[C@@H](OC(C)=O)[C@@H](C2)[C@]1(/C=C/c1ccccc1)[C@H]34. The molecule has 11 atom stereocenters.